The Labute approximate surface area is 182 Å². The zero-order valence-corrected chi connectivity index (χ0v) is 19.0. The monoisotopic (exact) mass is 423 g/mol. The summed E-state index contributed by atoms with van der Waals surface area (Å²) in [6, 6.07) is 12.3. The van der Waals surface area contributed by atoms with E-state index < -0.39 is 0 Å². The molecule has 0 aliphatic carbocycles. The maximum Gasteiger partial charge on any atom is 0.260 e. The van der Waals surface area contributed by atoms with Gasteiger partial charge in [-0.1, -0.05) is 43.4 Å². The first-order chi connectivity index (χ1) is 14.4. The lowest BCUT2D eigenvalue weighted by molar-refractivity contribution is -0.133. The number of thiazole rings is 1. The lowest BCUT2D eigenvalue weighted by Gasteiger charge is -2.34. The largest absolute Gasteiger partial charge is 0.484 e. The number of carbonyl (C=O) groups excluding carboxylic acids is 1. The summed E-state index contributed by atoms with van der Waals surface area (Å²) in [5.74, 6) is 1.27. The Morgan fingerprint density at radius 1 is 1.07 bits per heavy atom. The van der Waals surface area contributed by atoms with E-state index in [2.05, 4.69) is 56.9 Å². The van der Waals surface area contributed by atoms with Gasteiger partial charge >= 0.3 is 0 Å². The van der Waals surface area contributed by atoms with Gasteiger partial charge in [0, 0.05) is 26.2 Å². The minimum Gasteiger partial charge on any atom is -0.484 e. The van der Waals surface area contributed by atoms with Crippen molar-refractivity contribution < 1.29 is 9.53 Å². The van der Waals surface area contributed by atoms with Crippen LogP contribution >= 0.6 is 11.3 Å². The SMILES string of the molecule is Cc1ccc2sc(N3CCN(C(=O)COc4ccc(C(C)C)cc4)CC3)nc2c1C. The average molecular weight is 424 g/mol. The first-order valence-electron chi connectivity index (χ1n) is 10.5. The summed E-state index contributed by atoms with van der Waals surface area (Å²) in [6.07, 6.45) is 0. The number of ether oxygens (including phenoxy) is 1. The van der Waals surface area contributed by atoms with Crippen molar-refractivity contribution >= 4 is 32.6 Å². The van der Waals surface area contributed by atoms with Gasteiger partial charge in [-0.15, -0.1) is 0 Å². The summed E-state index contributed by atoms with van der Waals surface area (Å²) >= 11 is 1.73. The Kier molecular flexibility index (Phi) is 5.95. The molecule has 30 heavy (non-hydrogen) atoms. The number of carbonyl (C=O) groups is 1. The molecule has 2 heterocycles. The molecular weight excluding hydrogens is 394 g/mol. The average Bonchev–Trinajstić information content (AvgIpc) is 3.20. The van der Waals surface area contributed by atoms with Crippen molar-refractivity contribution in [1.82, 2.24) is 9.88 Å². The van der Waals surface area contributed by atoms with Crippen LogP contribution in [0.1, 0.15) is 36.5 Å². The number of hydrogen-bond acceptors (Lipinski definition) is 5. The van der Waals surface area contributed by atoms with Crippen LogP contribution in [-0.4, -0.2) is 48.6 Å². The van der Waals surface area contributed by atoms with Crippen molar-refractivity contribution in [2.75, 3.05) is 37.7 Å². The molecule has 1 aliphatic heterocycles. The van der Waals surface area contributed by atoms with Gasteiger partial charge in [0.25, 0.3) is 5.91 Å². The molecule has 0 unspecified atom stereocenters. The minimum atomic E-state index is 0.0401. The zero-order chi connectivity index (χ0) is 21.3. The fraction of sp³-hybridized carbons (Fsp3) is 0.417. The number of aryl methyl sites for hydroxylation is 2. The number of rotatable bonds is 5. The van der Waals surface area contributed by atoms with E-state index in [4.69, 9.17) is 9.72 Å². The summed E-state index contributed by atoms with van der Waals surface area (Å²) in [7, 11) is 0. The van der Waals surface area contributed by atoms with Crippen molar-refractivity contribution in [3.05, 3.63) is 53.1 Å². The van der Waals surface area contributed by atoms with Crippen molar-refractivity contribution in [3.63, 3.8) is 0 Å². The number of fused-ring (bicyclic) bond motifs is 1. The van der Waals surface area contributed by atoms with Gasteiger partial charge in [-0.05, 0) is 54.7 Å². The molecule has 0 N–H and O–H groups in total. The number of benzene rings is 2. The number of nitrogens with zero attached hydrogens (tertiary/aromatic N) is 3. The molecule has 0 spiro atoms. The normalized spacial score (nSPS) is 14.6. The second-order valence-corrected chi connectivity index (χ2v) is 9.24. The topological polar surface area (TPSA) is 45.7 Å². The zero-order valence-electron chi connectivity index (χ0n) is 18.1. The van der Waals surface area contributed by atoms with Crippen LogP contribution in [-0.2, 0) is 4.79 Å². The highest BCUT2D eigenvalue weighted by Gasteiger charge is 2.23. The Hall–Kier alpha value is -2.60. The molecule has 0 radical (unpaired) electrons. The van der Waals surface area contributed by atoms with Crippen LogP contribution < -0.4 is 9.64 Å². The molecule has 5 nitrogen and oxygen atoms in total. The number of hydrogen-bond donors (Lipinski definition) is 0. The van der Waals surface area contributed by atoms with E-state index in [1.54, 1.807) is 11.3 Å². The Balaban J connectivity index is 1.32. The molecule has 1 saturated heterocycles. The molecule has 0 atom stereocenters. The van der Waals surface area contributed by atoms with Crippen LogP contribution in [0.2, 0.25) is 0 Å². The third-order valence-electron chi connectivity index (χ3n) is 5.89. The molecular formula is C24H29N3O2S. The van der Waals surface area contributed by atoms with Crippen LogP contribution in [0.15, 0.2) is 36.4 Å². The van der Waals surface area contributed by atoms with Crippen molar-refractivity contribution in [2.45, 2.75) is 33.6 Å². The summed E-state index contributed by atoms with van der Waals surface area (Å²) in [5.41, 5.74) is 4.89. The molecule has 0 bridgehead atoms. The van der Waals surface area contributed by atoms with Gasteiger partial charge in [0.05, 0.1) is 10.2 Å². The van der Waals surface area contributed by atoms with Crippen LogP contribution in [0.5, 0.6) is 5.75 Å². The minimum absolute atomic E-state index is 0.0401. The molecule has 1 aliphatic rings. The maximum atomic E-state index is 12.6. The number of anilines is 1. The van der Waals surface area contributed by atoms with Gasteiger partial charge in [-0.3, -0.25) is 4.79 Å². The van der Waals surface area contributed by atoms with Crippen molar-refractivity contribution in [2.24, 2.45) is 0 Å². The lowest BCUT2D eigenvalue weighted by atomic mass is 10.0. The van der Waals surface area contributed by atoms with Crippen molar-refractivity contribution in [3.8, 4) is 5.75 Å². The van der Waals surface area contributed by atoms with Gasteiger partial charge in [0.1, 0.15) is 5.75 Å². The smallest absolute Gasteiger partial charge is 0.260 e. The van der Waals surface area contributed by atoms with Gasteiger partial charge in [0.15, 0.2) is 11.7 Å². The van der Waals surface area contributed by atoms with Crippen LogP contribution in [0.4, 0.5) is 5.13 Å². The first kappa shape index (κ1) is 20.7. The summed E-state index contributed by atoms with van der Waals surface area (Å²) in [5, 5.41) is 1.05. The molecule has 4 rings (SSSR count). The van der Waals surface area contributed by atoms with E-state index in [1.807, 2.05) is 17.0 Å². The van der Waals surface area contributed by atoms with Gasteiger partial charge in [-0.2, -0.15) is 0 Å². The third kappa shape index (κ3) is 4.29. The van der Waals surface area contributed by atoms with Gasteiger partial charge < -0.3 is 14.5 Å². The molecule has 1 fully saturated rings. The number of piperazine rings is 1. The summed E-state index contributed by atoms with van der Waals surface area (Å²) < 4.78 is 6.94. The highest BCUT2D eigenvalue weighted by atomic mass is 32.1. The number of amides is 1. The second-order valence-electron chi connectivity index (χ2n) is 8.23. The third-order valence-corrected chi connectivity index (χ3v) is 6.97. The Morgan fingerprint density at radius 3 is 2.43 bits per heavy atom. The molecule has 3 aromatic rings. The Bertz CT molecular complexity index is 1030. The molecule has 1 amide bonds. The molecule has 158 valence electrons. The second kappa shape index (κ2) is 8.64. The Morgan fingerprint density at radius 2 is 1.77 bits per heavy atom. The number of aromatic nitrogens is 1. The van der Waals surface area contributed by atoms with E-state index in [0.29, 0.717) is 19.0 Å². The predicted octanol–water partition coefficient (Wildman–Crippen LogP) is 4.76. The van der Waals surface area contributed by atoms with E-state index in [0.717, 1.165) is 29.5 Å². The quantitative estimate of drug-likeness (QED) is 0.593. The predicted molar refractivity (Wildman–Crippen MR) is 124 cm³/mol. The maximum absolute atomic E-state index is 12.6. The molecule has 2 aromatic carbocycles. The van der Waals surface area contributed by atoms with Gasteiger partial charge in [0.2, 0.25) is 0 Å². The van der Waals surface area contributed by atoms with E-state index in [-0.39, 0.29) is 12.5 Å². The lowest BCUT2D eigenvalue weighted by Crippen LogP contribution is -2.50. The molecule has 0 saturated carbocycles. The summed E-state index contributed by atoms with van der Waals surface area (Å²) in [4.78, 5) is 21.6. The highest BCUT2D eigenvalue weighted by Crippen LogP contribution is 2.32. The molecule has 1 aromatic heterocycles. The highest BCUT2D eigenvalue weighted by molar-refractivity contribution is 7.22. The van der Waals surface area contributed by atoms with E-state index in [1.165, 1.54) is 21.4 Å². The van der Waals surface area contributed by atoms with Crippen molar-refractivity contribution in [1.29, 1.82) is 0 Å². The van der Waals surface area contributed by atoms with Crippen LogP contribution in [0.3, 0.4) is 0 Å². The van der Waals surface area contributed by atoms with Crippen LogP contribution in [0.25, 0.3) is 10.2 Å². The van der Waals surface area contributed by atoms with E-state index in [9.17, 15) is 4.79 Å². The molecule has 6 heteroatoms. The van der Waals surface area contributed by atoms with Crippen LogP contribution in [0, 0.1) is 13.8 Å². The van der Waals surface area contributed by atoms with E-state index >= 15 is 0 Å². The summed E-state index contributed by atoms with van der Waals surface area (Å²) in [6.45, 7) is 11.7. The van der Waals surface area contributed by atoms with Gasteiger partial charge in [-0.25, -0.2) is 4.98 Å². The standard InChI is InChI=1S/C24H29N3O2S/c1-16(2)19-6-8-20(9-7-19)29-15-22(28)26-11-13-27(14-12-26)24-25-23-18(4)17(3)5-10-21(23)30-24/h5-10,16H,11-15H2,1-4H3. The first-order valence-corrected chi connectivity index (χ1v) is 11.4. The fourth-order valence-corrected chi connectivity index (χ4v) is 4.76. The fourth-order valence-electron chi connectivity index (χ4n) is 3.68.